The molecule has 194 valence electrons. The minimum absolute atomic E-state index is 0.0788. The van der Waals surface area contributed by atoms with Crippen LogP contribution < -0.4 is 10.6 Å². The second kappa shape index (κ2) is 12.9. The Bertz CT molecular complexity index is 1380. The van der Waals surface area contributed by atoms with Crippen molar-refractivity contribution in [3.63, 3.8) is 0 Å². The highest BCUT2D eigenvalue weighted by molar-refractivity contribution is 7.80. The summed E-state index contributed by atoms with van der Waals surface area (Å²) in [6.07, 6.45) is 2.69. The summed E-state index contributed by atoms with van der Waals surface area (Å²) in [6, 6.07) is 8.43. The van der Waals surface area contributed by atoms with Crippen molar-refractivity contribution in [2.24, 2.45) is 0 Å². The van der Waals surface area contributed by atoms with Gasteiger partial charge in [-0.2, -0.15) is 0 Å². The maximum absolute atomic E-state index is 12.5. The number of esters is 2. The number of hydrogen-bond donors (Lipinski definition) is 2. The molecule has 37 heavy (non-hydrogen) atoms. The van der Waals surface area contributed by atoms with E-state index in [0.29, 0.717) is 32.7 Å². The number of benzene rings is 1. The van der Waals surface area contributed by atoms with Crippen LogP contribution in [0.3, 0.4) is 0 Å². The number of nitrogens with one attached hydrogen (secondary N) is 2. The van der Waals surface area contributed by atoms with Gasteiger partial charge >= 0.3 is 11.9 Å². The molecule has 3 rings (SSSR count). The molecule has 0 bridgehead atoms. The van der Waals surface area contributed by atoms with Crippen LogP contribution in [0, 0.1) is 6.92 Å². The lowest BCUT2D eigenvalue weighted by molar-refractivity contribution is -0.115. The summed E-state index contributed by atoms with van der Waals surface area (Å²) in [6.45, 7) is 5.29. The molecule has 2 aromatic heterocycles. The van der Waals surface area contributed by atoms with Gasteiger partial charge in [0.25, 0.3) is 0 Å². The lowest BCUT2D eigenvalue weighted by atomic mass is 10.1. The zero-order chi connectivity index (χ0) is 27.1. The van der Waals surface area contributed by atoms with Crippen molar-refractivity contribution in [3.05, 3.63) is 68.2 Å². The average Bonchev–Trinajstić information content (AvgIpc) is 3.42. The number of hydrogen-bond acceptors (Lipinski definition) is 8. The highest BCUT2D eigenvalue weighted by Crippen LogP contribution is 2.34. The van der Waals surface area contributed by atoms with Crippen LogP contribution in [0.5, 0.6) is 0 Å². The van der Waals surface area contributed by atoms with Gasteiger partial charge in [-0.1, -0.05) is 23.2 Å². The Morgan fingerprint density at radius 3 is 2.46 bits per heavy atom. The van der Waals surface area contributed by atoms with E-state index in [1.807, 2.05) is 0 Å². The molecule has 0 atom stereocenters. The first-order chi connectivity index (χ1) is 17.6. The van der Waals surface area contributed by atoms with E-state index in [-0.39, 0.29) is 33.8 Å². The van der Waals surface area contributed by atoms with Crippen LogP contribution in [0.4, 0.5) is 5.00 Å². The Labute approximate surface area is 232 Å². The van der Waals surface area contributed by atoms with E-state index in [1.165, 1.54) is 12.2 Å². The normalized spacial score (nSPS) is 10.8. The highest BCUT2D eigenvalue weighted by Gasteiger charge is 2.27. The summed E-state index contributed by atoms with van der Waals surface area (Å²) < 4.78 is 15.9. The molecule has 0 fully saturated rings. The Hall–Kier alpha value is -3.18. The quantitative estimate of drug-likeness (QED) is 0.176. The van der Waals surface area contributed by atoms with Crippen molar-refractivity contribution in [1.29, 1.82) is 0 Å². The maximum Gasteiger partial charge on any atom is 0.348 e. The topological polar surface area (TPSA) is 107 Å². The van der Waals surface area contributed by atoms with Crippen molar-refractivity contribution < 1.29 is 28.3 Å². The molecule has 12 heteroatoms. The summed E-state index contributed by atoms with van der Waals surface area (Å²) in [5.74, 6) is -0.822. The minimum atomic E-state index is -0.627. The van der Waals surface area contributed by atoms with E-state index < -0.39 is 17.8 Å². The third kappa shape index (κ3) is 7.20. The Balaban J connectivity index is 1.70. The minimum Gasteiger partial charge on any atom is -0.462 e. The Morgan fingerprint density at radius 2 is 1.78 bits per heavy atom. The molecule has 2 heterocycles. The van der Waals surface area contributed by atoms with Gasteiger partial charge in [-0.3, -0.25) is 10.1 Å². The van der Waals surface area contributed by atoms with Gasteiger partial charge < -0.3 is 19.2 Å². The molecule has 0 aliphatic rings. The fourth-order valence-corrected chi connectivity index (χ4v) is 5.03. The molecular formula is C25H22Cl2N2O6S2. The van der Waals surface area contributed by atoms with Crippen LogP contribution in [-0.2, 0) is 14.3 Å². The van der Waals surface area contributed by atoms with E-state index in [9.17, 15) is 14.4 Å². The number of carbonyl (C=O) groups is 3. The Morgan fingerprint density at radius 1 is 1.08 bits per heavy atom. The zero-order valence-corrected chi connectivity index (χ0v) is 23.1. The molecule has 0 aliphatic carbocycles. The number of furan rings is 1. The number of halogens is 2. The molecule has 3 aromatic rings. The van der Waals surface area contributed by atoms with Crippen LogP contribution in [0.15, 0.2) is 40.8 Å². The third-order valence-electron chi connectivity index (χ3n) is 4.77. The highest BCUT2D eigenvalue weighted by atomic mass is 35.5. The van der Waals surface area contributed by atoms with Crippen LogP contribution >= 0.6 is 46.8 Å². The first-order valence-electron chi connectivity index (χ1n) is 11.0. The number of anilines is 1. The van der Waals surface area contributed by atoms with E-state index in [1.54, 1.807) is 51.1 Å². The Kier molecular flexibility index (Phi) is 9.87. The molecule has 2 N–H and O–H groups in total. The first kappa shape index (κ1) is 28.4. The SMILES string of the molecule is CCOC(=O)c1sc(NC(=S)NC(=O)/C=C/c2ccc(-c3ccc(Cl)cc3Cl)o2)c(C(=O)OCC)c1C. The monoisotopic (exact) mass is 580 g/mol. The molecular weight excluding hydrogens is 559 g/mol. The van der Waals surface area contributed by atoms with Crippen molar-refractivity contribution in [2.75, 3.05) is 18.5 Å². The van der Waals surface area contributed by atoms with Gasteiger partial charge in [0, 0.05) is 16.7 Å². The third-order valence-corrected chi connectivity index (χ3v) is 6.71. The summed E-state index contributed by atoms with van der Waals surface area (Å²) in [4.78, 5) is 37.4. The lowest BCUT2D eigenvalue weighted by Gasteiger charge is -2.09. The molecule has 8 nitrogen and oxygen atoms in total. The van der Waals surface area contributed by atoms with Crippen LogP contribution in [-0.4, -0.2) is 36.2 Å². The van der Waals surface area contributed by atoms with Crippen LogP contribution in [0.2, 0.25) is 10.0 Å². The van der Waals surface area contributed by atoms with E-state index in [2.05, 4.69) is 10.6 Å². The van der Waals surface area contributed by atoms with Gasteiger partial charge in [0.05, 0.1) is 23.8 Å². The summed E-state index contributed by atoms with van der Waals surface area (Å²) in [5, 5.41) is 6.40. The second-order valence-electron chi connectivity index (χ2n) is 7.30. The van der Waals surface area contributed by atoms with Gasteiger partial charge in [-0.25, -0.2) is 9.59 Å². The van der Waals surface area contributed by atoms with E-state index in [0.717, 1.165) is 11.3 Å². The van der Waals surface area contributed by atoms with Gasteiger partial charge in [0.2, 0.25) is 5.91 Å². The molecule has 1 aromatic carbocycles. The largest absolute Gasteiger partial charge is 0.462 e. The second-order valence-corrected chi connectivity index (χ2v) is 9.58. The lowest BCUT2D eigenvalue weighted by Crippen LogP contribution is -2.33. The standard InChI is InChI=1S/C25H22Cl2N2O6S2/c1-4-33-23(31)20-13(3)21(24(32)34-5-2)37-22(20)29-25(36)28-19(30)11-8-15-7-10-18(35-15)16-9-6-14(26)12-17(16)27/h6-12H,4-5H2,1-3H3,(H2,28,29,30,36)/b11-8+. The molecule has 0 radical (unpaired) electrons. The van der Waals surface area contributed by atoms with Crippen LogP contribution in [0.25, 0.3) is 17.4 Å². The van der Waals surface area contributed by atoms with Crippen molar-refractivity contribution in [3.8, 4) is 11.3 Å². The van der Waals surface area contributed by atoms with Gasteiger partial charge in [-0.15, -0.1) is 11.3 Å². The summed E-state index contributed by atoms with van der Waals surface area (Å²) in [7, 11) is 0. The van der Waals surface area contributed by atoms with Gasteiger partial charge in [-0.05, 0) is 75.0 Å². The zero-order valence-electron chi connectivity index (χ0n) is 20.0. The molecule has 1 amide bonds. The average molecular weight is 581 g/mol. The smallest absolute Gasteiger partial charge is 0.348 e. The van der Waals surface area contributed by atoms with E-state index in [4.69, 9.17) is 49.3 Å². The summed E-state index contributed by atoms with van der Waals surface area (Å²) >= 11 is 18.4. The number of ether oxygens (including phenoxy) is 2. The number of amides is 1. The number of thiocarbonyl (C=S) groups is 1. The number of rotatable bonds is 8. The molecule has 0 saturated heterocycles. The van der Waals surface area contributed by atoms with Crippen molar-refractivity contribution >= 4 is 80.8 Å². The predicted molar refractivity (Wildman–Crippen MR) is 149 cm³/mol. The molecule has 0 spiro atoms. The number of carbonyl (C=O) groups excluding carboxylic acids is 3. The molecule has 0 aliphatic heterocycles. The maximum atomic E-state index is 12.5. The first-order valence-corrected chi connectivity index (χ1v) is 13.0. The predicted octanol–water partition coefficient (Wildman–Crippen LogP) is 6.50. The summed E-state index contributed by atoms with van der Waals surface area (Å²) in [5.41, 5.74) is 1.20. The number of thiophene rings is 1. The fourth-order valence-electron chi connectivity index (χ4n) is 3.16. The van der Waals surface area contributed by atoms with E-state index >= 15 is 0 Å². The molecule has 0 saturated carbocycles. The van der Waals surface area contributed by atoms with Crippen molar-refractivity contribution in [2.45, 2.75) is 20.8 Å². The van der Waals surface area contributed by atoms with Crippen molar-refractivity contribution in [1.82, 2.24) is 5.32 Å². The van der Waals surface area contributed by atoms with Gasteiger partial charge in [0.15, 0.2) is 5.11 Å². The van der Waals surface area contributed by atoms with Gasteiger partial charge in [0.1, 0.15) is 21.4 Å². The molecule has 0 unspecified atom stereocenters. The fraction of sp³-hybridized carbons (Fsp3) is 0.200. The van der Waals surface area contributed by atoms with Crippen LogP contribution in [0.1, 0.15) is 45.2 Å².